The first-order valence-corrected chi connectivity index (χ1v) is 7.03. The molecule has 1 aromatic carbocycles. The summed E-state index contributed by atoms with van der Waals surface area (Å²) in [6, 6.07) is 6.52. The number of hydrogen-bond acceptors (Lipinski definition) is 3. The number of thioether (sulfide) groups is 1. The highest BCUT2D eigenvalue weighted by Gasteiger charge is 2.08. The first-order valence-electron chi connectivity index (χ1n) is 6.04. The second-order valence-electron chi connectivity index (χ2n) is 4.12. The molecule has 0 saturated heterocycles. The molecule has 0 aliphatic heterocycles. The molecule has 92 valence electrons. The lowest BCUT2D eigenvalue weighted by atomic mass is 10.1. The molecule has 0 fully saturated rings. The molecule has 3 nitrogen and oxygen atoms in total. The molecule has 0 aliphatic carbocycles. The molecule has 2 N–H and O–H groups in total. The van der Waals surface area contributed by atoms with Crippen molar-refractivity contribution in [1.82, 2.24) is 9.55 Å². The molecule has 17 heavy (non-hydrogen) atoms. The maximum absolute atomic E-state index is 5.50. The van der Waals surface area contributed by atoms with Gasteiger partial charge in [0.2, 0.25) is 0 Å². The fraction of sp³-hybridized carbons (Fsp3) is 0.462. The summed E-state index contributed by atoms with van der Waals surface area (Å²) in [5.74, 6) is 1.04. The van der Waals surface area contributed by atoms with Crippen LogP contribution in [-0.2, 0) is 13.5 Å². The molecule has 0 bridgehead atoms. The second-order valence-corrected chi connectivity index (χ2v) is 5.18. The quantitative estimate of drug-likeness (QED) is 0.654. The van der Waals surface area contributed by atoms with E-state index >= 15 is 0 Å². The van der Waals surface area contributed by atoms with Crippen molar-refractivity contribution in [2.75, 3.05) is 12.3 Å². The Morgan fingerprint density at radius 1 is 1.41 bits per heavy atom. The van der Waals surface area contributed by atoms with Crippen LogP contribution in [0.2, 0.25) is 0 Å². The van der Waals surface area contributed by atoms with Gasteiger partial charge in [0.1, 0.15) is 0 Å². The van der Waals surface area contributed by atoms with Crippen LogP contribution in [0, 0.1) is 0 Å². The molecule has 2 rings (SSSR count). The van der Waals surface area contributed by atoms with Gasteiger partial charge < -0.3 is 10.3 Å². The third-order valence-corrected chi connectivity index (χ3v) is 4.01. The lowest BCUT2D eigenvalue weighted by Crippen LogP contribution is -2.00. The normalized spacial score (nSPS) is 11.2. The Bertz CT molecular complexity index is 505. The molecule has 0 unspecified atom stereocenters. The summed E-state index contributed by atoms with van der Waals surface area (Å²) in [6.07, 6.45) is 2.09. The number of nitrogens with two attached hydrogens (primary N) is 1. The Morgan fingerprint density at radius 3 is 2.94 bits per heavy atom. The van der Waals surface area contributed by atoms with Crippen LogP contribution in [0.1, 0.15) is 18.9 Å². The minimum absolute atomic E-state index is 0.747. The van der Waals surface area contributed by atoms with Crippen LogP contribution in [0.25, 0.3) is 11.0 Å². The lowest BCUT2D eigenvalue weighted by Gasteiger charge is -2.01. The predicted octanol–water partition coefficient (Wildman–Crippen LogP) is 2.58. The van der Waals surface area contributed by atoms with Crippen LogP contribution in [0.4, 0.5) is 0 Å². The Labute approximate surface area is 106 Å². The molecular formula is C13H19N3S. The lowest BCUT2D eigenvalue weighted by molar-refractivity contribution is 0.812. The highest BCUT2D eigenvalue weighted by Crippen LogP contribution is 2.24. The molecule has 4 heteroatoms. The maximum atomic E-state index is 5.50. The zero-order valence-electron chi connectivity index (χ0n) is 10.4. The van der Waals surface area contributed by atoms with E-state index in [1.807, 2.05) is 0 Å². The first-order chi connectivity index (χ1) is 8.26. The molecule has 0 saturated carbocycles. The largest absolute Gasteiger partial charge is 0.330 e. The van der Waals surface area contributed by atoms with Crippen LogP contribution in [0.3, 0.4) is 0 Å². The summed E-state index contributed by atoms with van der Waals surface area (Å²) >= 11 is 1.78. The summed E-state index contributed by atoms with van der Waals surface area (Å²) in [4.78, 5) is 4.68. The van der Waals surface area contributed by atoms with Crippen molar-refractivity contribution in [2.24, 2.45) is 12.8 Å². The van der Waals surface area contributed by atoms with Crippen LogP contribution in [0.5, 0.6) is 0 Å². The van der Waals surface area contributed by atoms with Gasteiger partial charge in [-0.15, -0.1) is 0 Å². The van der Waals surface area contributed by atoms with Crippen molar-refractivity contribution in [1.29, 1.82) is 0 Å². The van der Waals surface area contributed by atoms with Gasteiger partial charge in [0.25, 0.3) is 0 Å². The molecule has 0 radical (unpaired) electrons. The number of hydrogen-bond donors (Lipinski definition) is 1. The van der Waals surface area contributed by atoms with Crippen LogP contribution in [0.15, 0.2) is 23.4 Å². The van der Waals surface area contributed by atoms with E-state index in [1.165, 1.54) is 11.1 Å². The minimum Gasteiger partial charge on any atom is -0.330 e. The third-order valence-electron chi connectivity index (χ3n) is 2.89. The first kappa shape index (κ1) is 12.5. The van der Waals surface area contributed by atoms with Gasteiger partial charge in [0, 0.05) is 12.8 Å². The van der Waals surface area contributed by atoms with E-state index in [4.69, 9.17) is 5.73 Å². The second kappa shape index (κ2) is 5.56. The van der Waals surface area contributed by atoms with Gasteiger partial charge in [-0.1, -0.05) is 24.8 Å². The van der Waals surface area contributed by atoms with Gasteiger partial charge in [-0.05, 0) is 37.1 Å². The monoisotopic (exact) mass is 249 g/mol. The Morgan fingerprint density at radius 2 is 2.24 bits per heavy atom. The highest BCUT2D eigenvalue weighted by atomic mass is 32.2. The average molecular weight is 249 g/mol. The van der Waals surface area contributed by atoms with E-state index in [0.717, 1.165) is 35.8 Å². The highest BCUT2D eigenvalue weighted by molar-refractivity contribution is 7.99. The number of nitrogens with zero attached hydrogens (tertiary/aromatic N) is 2. The summed E-state index contributed by atoms with van der Waals surface area (Å²) in [7, 11) is 2.08. The molecule has 1 aromatic heterocycles. The van der Waals surface area contributed by atoms with Gasteiger partial charge in [0.15, 0.2) is 5.16 Å². The number of aromatic nitrogens is 2. The van der Waals surface area contributed by atoms with E-state index in [-0.39, 0.29) is 0 Å². The van der Waals surface area contributed by atoms with E-state index in [2.05, 4.69) is 41.7 Å². The van der Waals surface area contributed by atoms with Crippen molar-refractivity contribution in [3.63, 3.8) is 0 Å². The molecule has 0 spiro atoms. The molecule has 2 aromatic rings. The van der Waals surface area contributed by atoms with E-state index < -0.39 is 0 Å². The maximum Gasteiger partial charge on any atom is 0.168 e. The van der Waals surface area contributed by atoms with Crippen molar-refractivity contribution in [3.05, 3.63) is 23.8 Å². The Balaban J connectivity index is 2.28. The number of benzene rings is 1. The Hall–Kier alpha value is -1.00. The molecule has 1 heterocycles. The fourth-order valence-electron chi connectivity index (χ4n) is 1.82. The smallest absolute Gasteiger partial charge is 0.168 e. The summed E-state index contributed by atoms with van der Waals surface area (Å²) in [6.45, 7) is 2.91. The number of imidazole rings is 1. The molecule has 0 amide bonds. The topological polar surface area (TPSA) is 43.8 Å². The average Bonchev–Trinajstić information content (AvgIpc) is 2.66. The van der Waals surface area contributed by atoms with Crippen molar-refractivity contribution >= 4 is 22.8 Å². The minimum atomic E-state index is 0.747. The van der Waals surface area contributed by atoms with Gasteiger partial charge in [-0.25, -0.2) is 4.98 Å². The third kappa shape index (κ3) is 2.64. The van der Waals surface area contributed by atoms with Crippen LogP contribution >= 0.6 is 11.8 Å². The zero-order chi connectivity index (χ0) is 12.3. The number of rotatable bonds is 5. The summed E-state index contributed by atoms with van der Waals surface area (Å²) in [5, 5.41) is 1.08. The van der Waals surface area contributed by atoms with Crippen molar-refractivity contribution in [3.8, 4) is 0 Å². The standard InChI is InChI=1S/C13H19N3S/c1-3-10-5-6-12-11(9-10)15-13(16(12)2)17-8-4-7-14/h5-6,9H,3-4,7-8,14H2,1-2H3. The van der Waals surface area contributed by atoms with E-state index in [0.29, 0.717) is 0 Å². The van der Waals surface area contributed by atoms with Crippen LogP contribution < -0.4 is 5.73 Å². The summed E-state index contributed by atoms with van der Waals surface area (Å²) < 4.78 is 2.16. The molecule has 0 atom stereocenters. The van der Waals surface area contributed by atoms with Crippen molar-refractivity contribution in [2.45, 2.75) is 24.9 Å². The number of fused-ring (bicyclic) bond motifs is 1. The van der Waals surface area contributed by atoms with Crippen LogP contribution in [-0.4, -0.2) is 21.8 Å². The predicted molar refractivity (Wildman–Crippen MR) is 74.5 cm³/mol. The molecule has 0 aliphatic rings. The van der Waals surface area contributed by atoms with Gasteiger partial charge in [-0.3, -0.25) is 0 Å². The fourth-order valence-corrected chi connectivity index (χ4v) is 2.77. The Kier molecular flexibility index (Phi) is 4.07. The zero-order valence-corrected chi connectivity index (χ0v) is 11.3. The van der Waals surface area contributed by atoms with Gasteiger partial charge in [-0.2, -0.15) is 0 Å². The van der Waals surface area contributed by atoms with Gasteiger partial charge in [0.05, 0.1) is 11.0 Å². The SMILES string of the molecule is CCc1ccc2c(c1)nc(SCCCN)n2C. The van der Waals surface area contributed by atoms with E-state index in [1.54, 1.807) is 11.8 Å². The number of aryl methyl sites for hydroxylation is 2. The molecular weight excluding hydrogens is 230 g/mol. The summed E-state index contributed by atoms with van der Waals surface area (Å²) in [5.41, 5.74) is 9.15. The van der Waals surface area contributed by atoms with E-state index in [9.17, 15) is 0 Å². The van der Waals surface area contributed by atoms with Gasteiger partial charge >= 0.3 is 0 Å². The van der Waals surface area contributed by atoms with Crippen molar-refractivity contribution < 1.29 is 0 Å².